The predicted molar refractivity (Wildman–Crippen MR) is 112 cm³/mol. The molecule has 0 aliphatic rings. The number of pyridine rings is 1. The second-order valence-electron chi connectivity index (χ2n) is 7.06. The second kappa shape index (κ2) is 10.9. The van der Waals surface area contributed by atoms with Gasteiger partial charge >= 0.3 is 0 Å². The van der Waals surface area contributed by atoms with Gasteiger partial charge in [-0.05, 0) is 42.6 Å². The number of aromatic nitrogens is 1. The maximum absolute atomic E-state index is 11.9. The molecule has 0 atom stereocenters. The molecular formula is C20H27N3O6S. The molecule has 10 heteroatoms. The highest BCUT2D eigenvalue weighted by molar-refractivity contribution is 7.85. The van der Waals surface area contributed by atoms with Crippen LogP contribution >= 0.6 is 0 Å². The Bertz CT molecular complexity index is 946. The molecule has 3 N–H and O–H groups in total. The predicted octanol–water partition coefficient (Wildman–Crippen LogP) is 2.59. The van der Waals surface area contributed by atoms with Gasteiger partial charge in [-0.2, -0.15) is 8.42 Å². The van der Waals surface area contributed by atoms with E-state index in [-0.39, 0.29) is 11.4 Å². The lowest BCUT2D eigenvalue weighted by atomic mass is 10.1. The normalized spacial score (nSPS) is 11.4. The van der Waals surface area contributed by atoms with E-state index in [0.29, 0.717) is 17.4 Å². The summed E-state index contributed by atoms with van der Waals surface area (Å²) in [7, 11) is -2.74. The van der Waals surface area contributed by atoms with Gasteiger partial charge in [-0.1, -0.05) is 19.9 Å². The van der Waals surface area contributed by atoms with Gasteiger partial charge in [-0.3, -0.25) is 9.35 Å². The van der Waals surface area contributed by atoms with Gasteiger partial charge in [-0.25, -0.2) is 4.98 Å². The first-order chi connectivity index (χ1) is 14.2. The minimum absolute atomic E-state index is 0.126. The van der Waals surface area contributed by atoms with Crippen molar-refractivity contribution < 1.29 is 27.2 Å². The number of nitrogens with one attached hydrogen (secondary N) is 2. The molecule has 1 heterocycles. The van der Waals surface area contributed by atoms with Crippen molar-refractivity contribution in [1.82, 2.24) is 15.6 Å². The third-order valence-electron chi connectivity index (χ3n) is 4.08. The number of hydrogen-bond acceptors (Lipinski definition) is 7. The molecule has 2 rings (SSSR count). The standard InChI is InChI=1S/C20H27N3O6S/c1-14(2)8-9-21-11-15-4-6-17(18(10-15)28-3)29-19-7-5-16(12-22-19)20(24)23-13-30(25,26)27/h4-7,10,12,14,21H,8-9,11,13H2,1-3H3,(H,23,24)(H,25,26,27). The van der Waals surface area contributed by atoms with Gasteiger partial charge in [0.05, 0.1) is 12.7 Å². The largest absolute Gasteiger partial charge is 0.493 e. The second-order valence-corrected chi connectivity index (χ2v) is 8.52. The van der Waals surface area contributed by atoms with Crippen LogP contribution in [0.15, 0.2) is 36.5 Å². The fourth-order valence-electron chi connectivity index (χ4n) is 2.48. The summed E-state index contributed by atoms with van der Waals surface area (Å²) in [6.45, 7) is 6.02. The van der Waals surface area contributed by atoms with Gasteiger partial charge in [-0.15, -0.1) is 0 Å². The molecule has 1 amide bonds. The smallest absolute Gasteiger partial charge is 0.283 e. The van der Waals surface area contributed by atoms with E-state index >= 15 is 0 Å². The van der Waals surface area contributed by atoms with Crippen molar-refractivity contribution in [3.63, 3.8) is 0 Å². The SMILES string of the molecule is COc1cc(CNCCC(C)C)ccc1Oc1ccc(C(=O)NCS(=O)(=O)O)cn1. The summed E-state index contributed by atoms with van der Waals surface area (Å²) in [6.07, 6.45) is 2.35. The molecule has 1 aromatic heterocycles. The fraction of sp³-hybridized carbons (Fsp3) is 0.400. The average molecular weight is 438 g/mol. The first kappa shape index (κ1) is 23.6. The molecule has 0 saturated heterocycles. The van der Waals surface area contributed by atoms with Gasteiger partial charge < -0.3 is 20.1 Å². The van der Waals surface area contributed by atoms with Crippen LogP contribution in [0.5, 0.6) is 17.4 Å². The first-order valence-corrected chi connectivity index (χ1v) is 11.0. The highest BCUT2D eigenvalue weighted by Crippen LogP contribution is 2.31. The van der Waals surface area contributed by atoms with Crippen molar-refractivity contribution in [3.05, 3.63) is 47.7 Å². The lowest BCUT2D eigenvalue weighted by Gasteiger charge is -2.12. The van der Waals surface area contributed by atoms with E-state index < -0.39 is 21.9 Å². The van der Waals surface area contributed by atoms with Crippen LogP contribution in [-0.2, 0) is 16.7 Å². The van der Waals surface area contributed by atoms with Crippen molar-refractivity contribution in [2.45, 2.75) is 26.8 Å². The number of methoxy groups -OCH3 is 1. The molecule has 0 spiro atoms. The number of benzene rings is 1. The van der Waals surface area contributed by atoms with E-state index in [0.717, 1.165) is 25.1 Å². The molecule has 0 bridgehead atoms. The van der Waals surface area contributed by atoms with Crippen LogP contribution in [0.4, 0.5) is 0 Å². The Morgan fingerprint density at radius 3 is 2.57 bits per heavy atom. The molecule has 0 unspecified atom stereocenters. The third-order valence-corrected chi connectivity index (χ3v) is 4.59. The topological polar surface area (TPSA) is 127 Å². The zero-order chi connectivity index (χ0) is 22.1. The molecule has 9 nitrogen and oxygen atoms in total. The summed E-state index contributed by atoms with van der Waals surface area (Å²) < 4.78 is 41.2. The van der Waals surface area contributed by atoms with Crippen molar-refractivity contribution in [1.29, 1.82) is 0 Å². The van der Waals surface area contributed by atoms with Crippen LogP contribution in [0, 0.1) is 5.92 Å². The number of ether oxygens (including phenoxy) is 2. The van der Waals surface area contributed by atoms with Crippen LogP contribution in [0.2, 0.25) is 0 Å². The van der Waals surface area contributed by atoms with Gasteiger partial charge in [0, 0.05) is 18.8 Å². The Hall–Kier alpha value is -2.69. The Kier molecular flexibility index (Phi) is 8.58. The summed E-state index contributed by atoms with van der Waals surface area (Å²) in [4.78, 5) is 15.9. The van der Waals surface area contributed by atoms with Crippen LogP contribution in [0.1, 0.15) is 36.2 Å². The number of rotatable bonds is 11. The fourth-order valence-corrected chi connectivity index (χ4v) is 2.79. The van der Waals surface area contributed by atoms with Crippen molar-refractivity contribution in [3.8, 4) is 17.4 Å². The number of carbonyl (C=O) groups is 1. The van der Waals surface area contributed by atoms with Crippen LogP contribution in [-0.4, -0.2) is 43.4 Å². The molecule has 0 saturated carbocycles. The van der Waals surface area contributed by atoms with Crippen LogP contribution in [0.3, 0.4) is 0 Å². The molecular weight excluding hydrogens is 410 g/mol. The molecule has 0 aliphatic heterocycles. The third kappa shape index (κ3) is 7.97. The molecule has 30 heavy (non-hydrogen) atoms. The zero-order valence-corrected chi connectivity index (χ0v) is 18.0. The number of amides is 1. The molecule has 0 fully saturated rings. The van der Waals surface area contributed by atoms with E-state index in [1.165, 1.54) is 18.3 Å². The van der Waals surface area contributed by atoms with E-state index in [2.05, 4.69) is 29.5 Å². The maximum atomic E-state index is 11.9. The minimum Gasteiger partial charge on any atom is -0.493 e. The van der Waals surface area contributed by atoms with Crippen molar-refractivity contribution in [2.24, 2.45) is 5.92 Å². The summed E-state index contributed by atoms with van der Waals surface area (Å²) in [5.74, 6) is 0.353. The molecule has 2 aromatic rings. The van der Waals surface area contributed by atoms with Gasteiger partial charge in [0.25, 0.3) is 16.0 Å². The number of hydrogen-bond donors (Lipinski definition) is 3. The summed E-state index contributed by atoms with van der Waals surface area (Å²) >= 11 is 0. The zero-order valence-electron chi connectivity index (χ0n) is 17.2. The number of carbonyl (C=O) groups excluding carboxylic acids is 1. The average Bonchev–Trinajstić information content (AvgIpc) is 2.70. The van der Waals surface area contributed by atoms with Crippen LogP contribution in [0.25, 0.3) is 0 Å². The van der Waals surface area contributed by atoms with Gasteiger partial charge in [0.1, 0.15) is 5.88 Å². The summed E-state index contributed by atoms with van der Waals surface area (Å²) in [6, 6.07) is 8.50. The lowest BCUT2D eigenvalue weighted by molar-refractivity contribution is 0.0958. The Morgan fingerprint density at radius 1 is 1.20 bits per heavy atom. The quantitative estimate of drug-likeness (QED) is 0.362. The monoisotopic (exact) mass is 437 g/mol. The highest BCUT2D eigenvalue weighted by atomic mass is 32.2. The Balaban J connectivity index is 1.99. The van der Waals surface area contributed by atoms with E-state index in [9.17, 15) is 13.2 Å². The Morgan fingerprint density at radius 2 is 1.97 bits per heavy atom. The number of nitrogens with zero attached hydrogens (tertiary/aromatic N) is 1. The van der Waals surface area contributed by atoms with E-state index in [1.807, 2.05) is 12.1 Å². The molecule has 0 aliphatic carbocycles. The highest BCUT2D eigenvalue weighted by Gasteiger charge is 2.12. The Labute approximate surface area is 176 Å². The van der Waals surface area contributed by atoms with Crippen molar-refractivity contribution in [2.75, 3.05) is 19.5 Å². The maximum Gasteiger partial charge on any atom is 0.283 e. The first-order valence-electron chi connectivity index (χ1n) is 9.43. The molecule has 1 aromatic carbocycles. The van der Waals surface area contributed by atoms with Gasteiger partial charge in [0.15, 0.2) is 11.5 Å². The lowest BCUT2D eigenvalue weighted by Crippen LogP contribution is -2.29. The van der Waals surface area contributed by atoms with Gasteiger partial charge in [0.2, 0.25) is 5.88 Å². The summed E-state index contributed by atoms with van der Waals surface area (Å²) in [5, 5.41) is 5.47. The van der Waals surface area contributed by atoms with E-state index in [1.54, 1.807) is 13.2 Å². The van der Waals surface area contributed by atoms with Crippen LogP contribution < -0.4 is 20.1 Å². The van der Waals surface area contributed by atoms with Crippen molar-refractivity contribution >= 4 is 16.0 Å². The molecule has 0 radical (unpaired) electrons. The minimum atomic E-state index is -4.29. The van der Waals surface area contributed by atoms with E-state index in [4.69, 9.17) is 14.0 Å². The molecule has 164 valence electrons. The summed E-state index contributed by atoms with van der Waals surface area (Å²) in [5.41, 5.74) is 1.18.